The normalized spacial score (nSPS) is 13.1. The summed E-state index contributed by atoms with van der Waals surface area (Å²) >= 11 is 0. The van der Waals surface area contributed by atoms with E-state index in [2.05, 4.69) is 183 Å². The molecule has 0 atom stereocenters. The molecular weight excluding hydrogens is 637 g/mol. The van der Waals surface area contributed by atoms with Crippen LogP contribution in [0.25, 0.3) is 75.8 Å². The summed E-state index contributed by atoms with van der Waals surface area (Å²) in [5, 5.41) is 15.4. The van der Waals surface area contributed by atoms with E-state index in [4.69, 9.17) is 0 Å². The van der Waals surface area contributed by atoms with Crippen LogP contribution in [-0.4, -0.2) is 0 Å². The molecule has 10 aromatic rings. The Morgan fingerprint density at radius 3 is 1.17 bits per heavy atom. The van der Waals surface area contributed by atoms with E-state index in [1.807, 2.05) is 0 Å². The van der Waals surface area contributed by atoms with Crippen molar-refractivity contribution in [3.05, 3.63) is 179 Å². The van der Waals surface area contributed by atoms with Crippen molar-refractivity contribution in [2.75, 3.05) is 0 Å². The number of rotatable bonds is 2. The fourth-order valence-corrected chi connectivity index (χ4v) is 9.63. The van der Waals surface area contributed by atoms with Crippen molar-refractivity contribution in [3.63, 3.8) is 0 Å². The van der Waals surface area contributed by atoms with Crippen LogP contribution in [0.4, 0.5) is 0 Å². The first-order valence-corrected chi connectivity index (χ1v) is 18.8. The van der Waals surface area contributed by atoms with Gasteiger partial charge in [-0.15, -0.1) is 0 Å². The highest BCUT2D eigenvalue weighted by molar-refractivity contribution is 6.25. The highest BCUT2D eigenvalue weighted by Crippen LogP contribution is 2.53. The Morgan fingerprint density at radius 1 is 0.377 bits per heavy atom. The van der Waals surface area contributed by atoms with Crippen LogP contribution in [0.3, 0.4) is 0 Å². The zero-order valence-electron chi connectivity index (χ0n) is 29.8. The standard InChI is InChI=1S/C53H34/c1-3-53(4-2)47-31-33(11-15-35-17-19-41-23-21-37-7-5-9-39-25-29-43(35)51(41)49(37)39)13-27-45(47)46-28-14-34(32-48(46)53)12-16-36-18-20-42-24-22-38-8-6-10-40-26-30-44(36)52(42)50(38)40/h5-10,13-14,17-32H,3-4H2,1-2H3. The van der Waals surface area contributed by atoms with Crippen molar-refractivity contribution < 1.29 is 0 Å². The summed E-state index contributed by atoms with van der Waals surface area (Å²) < 4.78 is 0. The van der Waals surface area contributed by atoms with E-state index in [9.17, 15) is 0 Å². The molecule has 53 heavy (non-hydrogen) atoms. The SMILES string of the molecule is CCC1(CC)c2cc(C#Cc3ccc4ccc5cccc6ccc3c4c56)ccc2-c2ccc(C#Cc3ccc4ccc5cccc6ccc3c4c56)cc21. The topological polar surface area (TPSA) is 0 Å². The molecule has 0 heterocycles. The molecule has 246 valence electrons. The van der Waals surface area contributed by atoms with E-state index < -0.39 is 0 Å². The molecule has 0 saturated carbocycles. The smallest absolute Gasteiger partial charge is 0.0328 e. The molecule has 1 aliphatic rings. The minimum absolute atomic E-state index is 0.0833. The molecule has 11 rings (SSSR count). The Morgan fingerprint density at radius 2 is 0.755 bits per heavy atom. The molecule has 0 aliphatic heterocycles. The molecule has 0 nitrogen and oxygen atoms in total. The van der Waals surface area contributed by atoms with E-state index in [0.29, 0.717) is 0 Å². The van der Waals surface area contributed by atoms with Crippen LogP contribution in [-0.2, 0) is 5.41 Å². The second-order valence-electron chi connectivity index (χ2n) is 14.7. The predicted molar refractivity (Wildman–Crippen MR) is 225 cm³/mol. The van der Waals surface area contributed by atoms with Gasteiger partial charge in [0.15, 0.2) is 0 Å². The van der Waals surface area contributed by atoms with Crippen LogP contribution >= 0.6 is 0 Å². The molecule has 0 saturated heterocycles. The summed E-state index contributed by atoms with van der Waals surface area (Å²) in [5.41, 5.74) is 9.60. The molecule has 0 bridgehead atoms. The third kappa shape index (κ3) is 4.28. The third-order valence-corrected chi connectivity index (χ3v) is 12.3. The van der Waals surface area contributed by atoms with Gasteiger partial charge in [-0.05, 0) is 136 Å². The molecule has 0 N–H and O–H groups in total. The number of hydrogen-bond acceptors (Lipinski definition) is 0. The van der Waals surface area contributed by atoms with Crippen molar-refractivity contribution in [3.8, 4) is 34.8 Å². The predicted octanol–water partition coefficient (Wildman–Crippen LogP) is 13.4. The molecule has 0 aromatic heterocycles. The molecule has 0 radical (unpaired) electrons. The van der Waals surface area contributed by atoms with Crippen molar-refractivity contribution >= 4 is 64.6 Å². The highest BCUT2D eigenvalue weighted by Gasteiger charge is 2.40. The van der Waals surface area contributed by atoms with Gasteiger partial charge in [0.05, 0.1) is 0 Å². The second kappa shape index (κ2) is 11.2. The fourth-order valence-electron chi connectivity index (χ4n) is 9.63. The molecule has 0 spiro atoms. The van der Waals surface area contributed by atoms with Gasteiger partial charge in [0.1, 0.15) is 0 Å². The molecule has 0 amide bonds. The van der Waals surface area contributed by atoms with Crippen LogP contribution in [0.5, 0.6) is 0 Å². The summed E-state index contributed by atoms with van der Waals surface area (Å²) in [6.07, 6.45) is 2.03. The average molecular weight is 671 g/mol. The summed E-state index contributed by atoms with van der Waals surface area (Å²) in [4.78, 5) is 0. The molecule has 1 aliphatic carbocycles. The first-order valence-electron chi connectivity index (χ1n) is 18.8. The molecule has 10 aromatic carbocycles. The van der Waals surface area contributed by atoms with E-state index in [-0.39, 0.29) is 5.41 Å². The Hall–Kier alpha value is -6.60. The average Bonchev–Trinajstić information content (AvgIpc) is 3.49. The molecule has 0 heteroatoms. The summed E-state index contributed by atoms with van der Waals surface area (Å²) in [5.74, 6) is 14.4. The van der Waals surface area contributed by atoms with Gasteiger partial charge in [-0.25, -0.2) is 0 Å². The maximum Gasteiger partial charge on any atom is 0.0328 e. The first kappa shape index (κ1) is 30.1. The van der Waals surface area contributed by atoms with Crippen LogP contribution in [0.1, 0.15) is 60.1 Å². The van der Waals surface area contributed by atoms with E-state index >= 15 is 0 Å². The lowest BCUT2D eigenvalue weighted by Crippen LogP contribution is -2.23. The van der Waals surface area contributed by atoms with Gasteiger partial charge in [-0.1, -0.05) is 147 Å². The van der Waals surface area contributed by atoms with Gasteiger partial charge in [0.2, 0.25) is 0 Å². The molecule has 0 fully saturated rings. The first-order chi connectivity index (χ1) is 26.1. The highest BCUT2D eigenvalue weighted by atomic mass is 14.4. The Labute approximate surface area is 309 Å². The van der Waals surface area contributed by atoms with Gasteiger partial charge in [0.25, 0.3) is 0 Å². The zero-order chi connectivity index (χ0) is 35.3. The van der Waals surface area contributed by atoms with Crippen molar-refractivity contribution in [2.24, 2.45) is 0 Å². The second-order valence-corrected chi connectivity index (χ2v) is 14.7. The number of fused-ring (bicyclic) bond motifs is 3. The lowest BCUT2D eigenvalue weighted by atomic mass is 9.73. The van der Waals surface area contributed by atoms with Gasteiger partial charge < -0.3 is 0 Å². The van der Waals surface area contributed by atoms with Gasteiger partial charge in [-0.3, -0.25) is 0 Å². The quantitative estimate of drug-likeness (QED) is 0.127. The Kier molecular flexibility index (Phi) is 6.35. The van der Waals surface area contributed by atoms with E-state index in [1.54, 1.807) is 0 Å². The Bertz CT molecular complexity index is 3010. The minimum Gasteiger partial charge on any atom is -0.0642 e. The Balaban J connectivity index is 0.978. The van der Waals surface area contributed by atoms with Crippen LogP contribution in [0.15, 0.2) is 146 Å². The summed E-state index contributed by atoms with van der Waals surface area (Å²) in [7, 11) is 0. The summed E-state index contributed by atoms with van der Waals surface area (Å²) in [6.45, 7) is 4.66. The van der Waals surface area contributed by atoms with Crippen LogP contribution in [0, 0.1) is 23.7 Å². The van der Waals surface area contributed by atoms with E-state index in [0.717, 1.165) is 35.1 Å². The van der Waals surface area contributed by atoms with Gasteiger partial charge in [-0.2, -0.15) is 0 Å². The van der Waals surface area contributed by atoms with Gasteiger partial charge in [0, 0.05) is 27.7 Å². The van der Waals surface area contributed by atoms with Crippen LogP contribution in [0.2, 0.25) is 0 Å². The van der Waals surface area contributed by atoms with Crippen molar-refractivity contribution in [2.45, 2.75) is 32.1 Å². The van der Waals surface area contributed by atoms with Crippen molar-refractivity contribution in [1.29, 1.82) is 0 Å². The maximum atomic E-state index is 3.59. The van der Waals surface area contributed by atoms with E-state index in [1.165, 1.54) is 86.9 Å². The number of hydrogen-bond donors (Lipinski definition) is 0. The largest absolute Gasteiger partial charge is 0.0642 e. The zero-order valence-corrected chi connectivity index (χ0v) is 29.8. The third-order valence-electron chi connectivity index (χ3n) is 12.3. The maximum absolute atomic E-state index is 3.59. The molecule has 0 unspecified atom stereocenters. The van der Waals surface area contributed by atoms with Gasteiger partial charge >= 0.3 is 0 Å². The minimum atomic E-state index is -0.0833. The fraction of sp³-hybridized carbons (Fsp3) is 0.0943. The van der Waals surface area contributed by atoms with Crippen molar-refractivity contribution in [1.82, 2.24) is 0 Å². The molecular formula is C53H34. The lowest BCUT2D eigenvalue weighted by molar-refractivity contribution is 0.490. The lowest BCUT2D eigenvalue weighted by Gasteiger charge is -2.29. The van der Waals surface area contributed by atoms with Crippen LogP contribution < -0.4 is 0 Å². The monoisotopic (exact) mass is 670 g/mol. The number of benzene rings is 10. The summed E-state index contributed by atoms with van der Waals surface area (Å²) in [6, 6.07) is 53.6.